The molecule has 0 amide bonds. The quantitative estimate of drug-likeness (QED) is 0.676. The van der Waals surface area contributed by atoms with Gasteiger partial charge in [0, 0.05) is 5.02 Å². The molecule has 0 aliphatic heterocycles. The van der Waals surface area contributed by atoms with Crippen LogP contribution in [0.25, 0.3) is 16.7 Å². The summed E-state index contributed by atoms with van der Waals surface area (Å²) in [4.78, 5) is 4.34. The molecule has 0 bridgehead atoms. The number of nitrogens with two attached hydrogens (primary N) is 1. The number of H-pyrrole nitrogens is 1. The van der Waals surface area contributed by atoms with Crippen molar-refractivity contribution in [3.63, 3.8) is 0 Å². The molecule has 0 fully saturated rings. The van der Waals surface area contributed by atoms with Gasteiger partial charge in [0.25, 0.3) is 0 Å². The average Bonchev–Trinajstić information content (AvgIpc) is 2.75. The number of rotatable bonds is 1. The molecule has 5 nitrogen and oxygen atoms in total. The molecule has 0 aliphatic rings. The zero-order valence-corrected chi connectivity index (χ0v) is 12.5. The van der Waals surface area contributed by atoms with Crippen LogP contribution in [0.4, 0.5) is 5.82 Å². The number of hydrogen-bond donors (Lipinski definition) is 2. The van der Waals surface area contributed by atoms with Crippen molar-refractivity contribution in [1.29, 1.82) is 0 Å². The Bertz CT molecular complexity index is 880. The highest BCUT2D eigenvalue weighted by Gasteiger charge is 2.14. The lowest BCUT2D eigenvalue weighted by atomic mass is 10.2. The van der Waals surface area contributed by atoms with Crippen LogP contribution in [0.2, 0.25) is 5.02 Å². The van der Waals surface area contributed by atoms with E-state index in [9.17, 15) is 0 Å². The number of nitrogens with zero attached hydrogens (tertiary/aromatic N) is 3. The van der Waals surface area contributed by atoms with Crippen LogP contribution < -0.4 is 5.73 Å². The van der Waals surface area contributed by atoms with Crippen LogP contribution in [-0.4, -0.2) is 19.7 Å². The van der Waals surface area contributed by atoms with Gasteiger partial charge in [-0.15, -0.1) is 0 Å². The van der Waals surface area contributed by atoms with Crippen molar-refractivity contribution in [3.8, 4) is 5.69 Å². The number of nitrogen functional groups attached to an aromatic ring is 1. The first-order chi connectivity index (χ1) is 9.49. The molecule has 0 unspecified atom stereocenters. The first-order valence-corrected chi connectivity index (χ1v) is 6.77. The number of benzene rings is 1. The van der Waals surface area contributed by atoms with Gasteiger partial charge < -0.3 is 5.73 Å². The molecule has 3 rings (SSSR count). The third kappa shape index (κ3) is 1.88. The van der Waals surface area contributed by atoms with Gasteiger partial charge in [0.05, 0.1) is 16.8 Å². The normalized spacial score (nSPS) is 11.2. The van der Waals surface area contributed by atoms with Crippen LogP contribution in [0.15, 0.2) is 18.2 Å². The van der Waals surface area contributed by atoms with E-state index >= 15 is 0 Å². The van der Waals surface area contributed by atoms with Gasteiger partial charge in [-0.3, -0.25) is 9.67 Å². The van der Waals surface area contributed by atoms with Gasteiger partial charge in [0.2, 0.25) is 4.77 Å². The van der Waals surface area contributed by atoms with Gasteiger partial charge in [0.1, 0.15) is 5.82 Å². The number of aromatic amines is 1. The molecule has 102 valence electrons. The number of aryl methyl sites for hydroxylation is 2. The summed E-state index contributed by atoms with van der Waals surface area (Å²) in [6.07, 6.45) is 0. The summed E-state index contributed by atoms with van der Waals surface area (Å²) >= 11 is 11.4. The zero-order chi connectivity index (χ0) is 14.4. The van der Waals surface area contributed by atoms with Crippen molar-refractivity contribution in [2.75, 3.05) is 5.73 Å². The molecule has 2 aromatic heterocycles. The number of fused-ring (bicyclic) bond motifs is 1. The molecule has 0 saturated carbocycles. The zero-order valence-electron chi connectivity index (χ0n) is 10.9. The summed E-state index contributed by atoms with van der Waals surface area (Å²) in [5, 5.41) is 8.34. The molecule has 0 atom stereocenters. The molecule has 0 radical (unpaired) electrons. The van der Waals surface area contributed by atoms with Crippen molar-refractivity contribution in [2.24, 2.45) is 0 Å². The SMILES string of the molecule is Cc1ccc(Cl)cc1-n1c(N)c2c(C)n[nH]c2nc1=S. The maximum absolute atomic E-state index is 6.27. The summed E-state index contributed by atoms with van der Waals surface area (Å²) in [5.41, 5.74) is 9.50. The van der Waals surface area contributed by atoms with Gasteiger partial charge in [-0.05, 0) is 43.8 Å². The number of aromatic nitrogens is 4. The van der Waals surface area contributed by atoms with Crippen LogP contribution in [0.5, 0.6) is 0 Å². The van der Waals surface area contributed by atoms with E-state index in [2.05, 4.69) is 15.2 Å². The monoisotopic (exact) mass is 305 g/mol. The molecule has 1 aromatic carbocycles. The van der Waals surface area contributed by atoms with E-state index in [-0.39, 0.29) is 0 Å². The van der Waals surface area contributed by atoms with E-state index in [4.69, 9.17) is 29.6 Å². The number of hydrogen-bond acceptors (Lipinski definition) is 4. The highest BCUT2D eigenvalue weighted by Crippen LogP contribution is 2.27. The van der Waals surface area contributed by atoms with Gasteiger partial charge >= 0.3 is 0 Å². The molecule has 3 aromatic rings. The minimum absolute atomic E-state index is 0.365. The Morgan fingerprint density at radius 1 is 1.35 bits per heavy atom. The van der Waals surface area contributed by atoms with Gasteiger partial charge in [-0.2, -0.15) is 10.1 Å². The van der Waals surface area contributed by atoms with Gasteiger partial charge in [-0.25, -0.2) is 0 Å². The van der Waals surface area contributed by atoms with Crippen molar-refractivity contribution in [1.82, 2.24) is 19.7 Å². The van der Waals surface area contributed by atoms with E-state index in [1.807, 2.05) is 32.0 Å². The van der Waals surface area contributed by atoms with Crippen LogP contribution in [-0.2, 0) is 0 Å². The van der Waals surface area contributed by atoms with E-state index in [1.54, 1.807) is 4.57 Å². The second-order valence-corrected chi connectivity index (χ2v) is 5.38. The molecule has 0 spiro atoms. The number of halogens is 1. The Morgan fingerprint density at radius 2 is 2.10 bits per heavy atom. The lowest BCUT2D eigenvalue weighted by Crippen LogP contribution is -2.08. The number of nitrogens with one attached hydrogen (secondary N) is 1. The van der Waals surface area contributed by atoms with E-state index in [0.717, 1.165) is 22.3 Å². The standard InChI is InChI=1S/C13H12ClN5S/c1-6-3-4-8(14)5-9(6)19-11(15)10-7(2)17-18-12(10)16-13(19)20/h3-5H,15H2,1-2H3,(H,16,18,20). The molecule has 3 N–H and O–H groups in total. The van der Waals surface area contributed by atoms with E-state index in [0.29, 0.717) is 21.3 Å². The second-order valence-electron chi connectivity index (χ2n) is 4.58. The maximum atomic E-state index is 6.27. The summed E-state index contributed by atoms with van der Waals surface area (Å²) in [6, 6.07) is 5.58. The fourth-order valence-corrected chi connectivity index (χ4v) is 2.68. The van der Waals surface area contributed by atoms with Crippen LogP contribution in [0, 0.1) is 18.6 Å². The van der Waals surface area contributed by atoms with E-state index in [1.165, 1.54) is 0 Å². The summed E-state index contributed by atoms with van der Waals surface area (Å²) in [5.74, 6) is 0.511. The molecular weight excluding hydrogens is 294 g/mol. The van der Waals surface area contributed by atoms with E-state index < -0.39 is 0 Å². The van der Waals surface area contributed by atoms with Crippen LogP contribution in [0.1, 0.15) is 11.3 Å². The Balaban J connectivity index is 2.44. The Hall–Kier alpha value is -1.92. The maximum Gasteiger partial charge on any atom is 0.207 e. The fraction of sp³-hybridized carbons (Fsp3) is 0.154. The molecule has 7 heteroatoms. The minimum atomic E-state index is 0.365. The third-order valence-corrected chi connectivity index (χ3v) is 3.74. The van der Waals surface area contributed by atoms with Crippen LogP contribution in [0.3, 0.4) is 0 Å². The largest absolute Gasteiger partial charge is 0.384 e. The fourth-order valence-electron chi connectivity index (χ4n) is 2.22. The molecule has 0 aliphatic carbocycles. The van der Waals surface area contributed by atoms with Crippen molar-refractivity contribution in [3.05, 3.63) is 39.3 Å². The van der Waals surface area contributed by atoms with Gasteiger partial charge in [0.15, 0.2) is 5.65 Å². The molecule has 0 saturated heterocycles. The summed E-state index contributed by atoms with van der Waals surface area (Å²) in [6.45, 7) is 3.84. The highest BCUT2D eigenvalue weighted by molar-refractivity contribution is 7.71. The average molecular weight is 306 g/mol. The summed E-state index contributed by atoms with van der Waals surface area (Å²) < 4.78 is 2.09. The van der Waals surface area contributed by atoms with Crippen molar-refractivity contribution < 1.29 is 0 Å². The first-order valence-electron chi connectivity index (χ1n) is 5.99. The highest BCUT2D eigenvalue weighted by atomic mass is 35.5. The molecule has 2 heterocycles. The van der Waals surface area contributed by atoms with Gasteiger partial charge in [-0.1, -0.05) is 17.7 Å². The first kappa shape index (κ1) is 13.1. The molecular formula is C13H12ClN5S. The Morgan fingerprint density at radius 3 is 2.85 bits per heavy atom. The lowest BCUT2D eigenvalue weighted by molar-refractivity contribution is 0.974. The Kier molecular flexibility index (Phi) is 2.99. The molecule has 20 heavy (non-hydrogen) atoms. The summed E-state index contributed by atoms with van der Waals surface area (Å²) in [7, 11) is 0. The predicted molar refractivity (Wildman–Crippen MR) is 82.9 cm³/mol. The topological polar surface area (TPSA) is 72.5 Å². The third-order valence-electron chi connectivity index (χ3n) is 3.24. The lowest BCUT2D eigenvalue weighted by Gasteiger charge is -2.14. The number of anilines is 1. The van der Waals surface area contributed by atoms with Crippen molar-refractivity contribution in [2.45, 2.75) is 13.8 Å². The van der Waals surface area contributed by atoms with Crippen LogP contribution >= 0.6 is 23.8 Å². The Labute approximate surface area is 125 Å². The smallest absolute Gasteiger partial charge is 0.207 e. The van der Waals surface area contributed by atoms with Crippen molar-refractivity contribution >= 4 is 40.7 Å². The minimum Gasteiger partial charge on any atom is -0.384 e. The predicted octanol–water partition coefficient (Wildman–Crippen LogP) is 3.33. The second kappa shape index (κ2) is 4.57.